The number of aromatic nitrogens is 2. The first-order valence-electron chi connectivity index (χ1n) is 11.3. The molecule has 0 saturated heterocycles. The molecule has 5 aromatic rings. The van der Waals surface area contributed by atoms with Crippen LogP contribution in [0.25, 0.3) is 21.9 Å². The average molecular weight is 480 g/mol. The maximum atomic E-state index is 9.96. The summed E-state index contributed by atoms with van der Waals surface area (Å²) in [6, 6.07) is 31.1. The lowest BCUT2D eigenvalue weighted by Crippen LogP contribution is -2.11. The molecule has 0 amide bonds. The second kappa shape index (κ2) is 10.6. The van der Waals surface area contributed by atoms with Crippen LogP contribution in [0.2, 0.25) is 0 Å². The predicted octanol–water partition coefficient (Wildman–Crippen LogP) is 7.15. The maximum Gasteiger partial charge on any atom is 0.124 e. The molecule has 0 fully saturated rings. The molecule has 1 unspecified atom stereocenters. The molecule has 1 atom stereocenters. The van der Waals surface area contributed by atoms with Crippen molar-refractivity contribution in [2.45, 2.75) is 19.6 Å². The summed E-state index contributed by atoms with van der Waals surface area (Å²) >= 11 is 0. The second-order valence-corrected chi connectivity index (χ2v) is 8.50. The highest BCUT2D eigenvalue weighted by atomic mass is 35.5. The van der Waals surface area contributed by atoms with Crippen LogP contribution >= 0.6 is 12.4 Å². The summed E-state index contributed by atoms with van der Waals surface area (Å²) in [6.07, 6.45) is 3.30. The zero-order valence-electron chi connectivity index (χ0n) is 19.7. The summed E-state index contributed by atoms with van der Waals surface area (Å²) in [5.74, 6) is 0. The van der Waals surface area contributed by atoms with Crippen LogP contribution < -0.4 is 0 Å². The molecule has 1 aromatic heterocycles. The predicted molar refractivity (Wildman–Crippen MR) is 142 cm³/mol. The number of benzene rings is 4. The first-order valence-corrected chi connectivity index (χ1v) is 11.3. The van der Waals surface area contributed by atoms with Gasteiger partial charge in [0.15, 0.2) is 0 Å². The normalized spacial score (nSPS) is 11.6. The van der Waals surface area contributed by atoms with Gasteiger partial charge in [-0.1, -0.05) is 72.8 Å². The molecule has 0 bridgehead atoms. The molecule has 4 aromatic carbocycles. The molecule has 0 radical (unpaired) electrons. The summed E-state index contributed by atoms with van der Waals surface area (Å²) in [7, 11) is 1.97. The minimum absolute atomic E-state index is 0. The van der Waals surface area contributed by atoms with Crippen LogP contribution in [-0.4, -0.2) is 9.55 Å². The van der Waals surface area contributed by atoms with E-state index in [1.807, 2.05) is 60.3 Å². The Morgan fingerprint density at radius 3 is 2.49 bits per heavy atom. The fourth-order valence-electron chi connectivity index (χ4n) is 4.49. The van der Waals surface area contributed by atoms with Crippen LogP contribution in [0.5, 0.6) is 0 Å². The van der Waals surface area contributed by atoms with Crippen molar-refractivity contribution in [3.05, 3.63) is 125 Å². The van der Waals surface area contributed by atoms with E-state index in [1.165, 1.54) is 0 Å². The average Bonchev–Trinajstić information content (AvgIpc) is 3.30. The summed E-state index contributed by atoms with van der Waals surface area (Å²) < 4.78 is 8.46. The number of fused-ring (bicyclic) bond motifs is 1. The molecule has 0 saturated carbocycles. The smallest absolute Gasteiger partial charge is 0.124 e. The molecular weight excluding hydrogens is 454 g/mol. The number of aryl methyl sites for hydroxylation is 2. The molecule has 0 aliphatic heterocycles. The van der Waals surface area contributed by atoms with E-state index in [0.29, 0.717) is 12.2 Å². The Bertz CT molecular complexity index is 1500. The van der Waals surface area contributed by atoms with Gasteiger partial charge < -0.3 is 9.30 Å². The number of halogens is 1. The van der Waals surface area contributed by atoms with Gasteiger partial charge in [0.1, 0.15) is 6.10 Å². The van der Waals surface area contributed by atoms with Crippen LogP contribution in [0.4, 0.5) is 0 Å². The largest absolute Gasteiger partial charge is 0.363 e. The monoisotopic (exact) mass is 479 g/mol. The lowest BCUT2D eigenvalue weighted by molar-refractivity contribution is 0.0622. The van der Waals surface area contributed by atoms with Crippen molar-refractivity contribution in [1.29, 1.82) is 5.26 Å². The third-order valence-corrected chi connectivity index (χ3v) is 6.26. The van der Waals surface area contributed by atoms with Gasteiger partial charge in [0, 0.05) is 12.6 Å². The Hall–Kier alpha value is -3.91. The molecule has 5 rings (SSSR count). The fraction of sp³-hybridized carbons (Fsp3) is 0.133. The number of rotatable bonds is 6. The number of imidazole rings is 1. The van der Waals surface area contributed by atoms with Crippen LogP contribution in [-0.2, 0) is 18.4 Å². The Morgan fingerprint density at radius 1 is 0.971 bits per heavy atom. The van der Waals surface area contributed by atoms with E-state index < -0.39 is 0 Å². The van der Waals surface area contributed by atoms with Gasteiger partial charge >= 0.3 is 0 Å². The third-order valence-electron chi connectivity index (χ3n) is 6.26. The standard InChI is InChI=1S/C30H25N3O.ClH/c1-21-12-13-23-10-6-7-11-26(23)29(21)27-16-24(14-15-25(27)17-31)30(28-18-32-20-33(28)2)34-19-22-8-4-3-5-9-22;/h3-16,18,20,30H,19H2,1-2H3;1H. The minimum atomic E-state index is -0.325. The maximum absolute atomic E-state index is 9.96. The molecule has 0 spiro atoms. The molecular formula is C30H26ClN3O. The van der Waals surface area contributed by atoms with E-state index in [-0.39, 0.29) is 18.5 Å². The van der Waals surface area contributed by atoms with Gasteiger partial charge in [0.25, 0.3) is 0 Å². The zero-order chi connectivity index (χ0) is 23.5. The van der Waals surface area contributed by atoms with Gasteiger partial charge in [-0.2, -0.15) is 5.26 Å². The lowest BCUT2D eigenvalue weighted by Gasteiger charge is -2.21. The van der Waals surface area contributed by atoms with Crippen molar-refractivity contribution in [3.63, 3.8) is 0 Å². The highest BCUT2D eigenvalue weighted by Gasteiger charge is 2.21. The number of nitriles is 1. The SMILES string of the molecule is Cc1ccc2ccccc2c1-c1cc(C(OCc2ccccc2)c2cncn2C)ccc1C#N.Cl. The summed E-state index contributed by atoms with van der Waals surface area (Å²) in [5, 5.41) is 12.2. The van der Waals surface area contributed by atoms with Crippen molar-refractivity contribution in [3.8, 4) is 17.2 Å². The van der Waals surface area contributed by atoms with Crippen LogP contribution in [0.15, 0.2) is 97.5 Å². The van der Waals surface area contributed by atoms with Gasteiger partial charge in [-0.15, -0.1) is 12.4 Å². The Balaban J connectivity index is 0.00000289. The van der Waals surface area contributed by atoms with E-state index >= 15 is 0 Å². The number of hydrogen-bond donors (Lipinski definition) is 0. The van der Waals surface area contributed by atoms with Crippen molar-refractivity contribution < 1.29 is 4.74 Å². The molecule has 0 aliphatic rings. The fourth-order valence-corrected chi connectivity index (χ4v) is 4.49. The van der Waals surface area contributed by atoms with E-state index in [4.69, 9.17) is 4.74 Å². The molecule has 1 heterocycles. The lowest BCUT2D eigenvalue weighted by atomic mass is 9.89. The zero-order valence-corrected chi connectivity index (χ0v) is 20.5. The van der Waals surface area contributed by atoms with E-state index in [9.17, 15) is 5.26 Å². The molecule has 5 heteroatoms. The number of ether oxygens (including phenoxy) is 1. The van der Waals surface area contributed by atoms with Crippen LogP contribution in [0.1, 0.15) is 34.1 Å². The van der Waals surface area contributed by atoms with Crippen molar-refractivity contribution in [2.75, 3.05) is 0 Å². The minimum Gasteiger partial charge on any atom is -0.363 e. The van der Waals surface area contributed by atoms with Gasteiger partial charge in [0.05, 0.1) is 36.5 Å². The summed E-state index contributed by atoms with van der Waals surface area (Å²) in [4.78, 5) is 4.32. The Labute approximate surface area is 211 Å². The topological polar surface area (TPSA) is 50.8 Å². The van der Waals surface area contributed by atoms with Gasteiger partial charge in [0.2, 0.25) is 0 Å². The summed E-state index contributed by atoms with van der Waals surface area (Å²) in [6.45, 7) is 2.57. The first kappa shape index (κ1) is 24.2. The number of hydrogen-bond acceptors (Lipinski definition) is 3. The van der Waals surface area contributed by atoms with Crippen LogP contribution in [0, 0.1) is 18.3 Å². The first-order chi connectivity index (χ1) is 16.7. The van der Waals surface area contributed by atoms with Crippen molar-refractivity contribution in [2.24, 2.45) is 7.05 Å². The molecule has 0 aliphatic carbocycles. The highest BCUT2D eigenvalue weighted by molar-refractivity contribution is 5.99. The van der Waals surface area contributed by atoms with Crippen LogP contribution in [0.3, 0.4) is 0 Å². The van der Waals surface area contributed by atoms with E-state index in [1.54, 1.807) is 6.33 Å². The second-order valence-electron chi connectivity index (χ2n) is 8.50. The Kier molecular flexibility index (Phi) is 7.31. The molecule has 0 N–H and O–H groups in total. The quantitative estimate of drug-likeness (QED) is 0.260. The van der Waals surface area contributed by atoms with Gasteiger partial charge in [-0.3, -0.25) is 0 Å². The molecule has 35 heavy (non-hydrogen) atoms. The van der Waals surface area contributed by atoms with Gasteiger partial charge in [-0.05, 0) is 52.1 Å². The van der Waals surface area contributed by atoms with Crippen molar-refractivity contribution >= 4 is 23.2 Å². The molecule has 4 nitrogen and oxygen atoms in total. The number of nitrogens with zero attached hydrogens (tertiary/aromatic N) is 3. The van der Waals surface area contributed by atoms with Gasteiger partial charge in [-0.25, -0.2) is 4.98 Å². The summed E-state index contributed by atoms with van der Waals surface area (Å²) in [5.41, 5.74) is 6.84. The van der Waals surface area contributed by atoms with E-state index in [0.717, 1.165) is 44.3 Å². The molecule has 174 valence electrons. The van der Waals surface area contributed by atoms with Crippen molar-refractivity contribution in [1.82, 2.24) is 9.55 Å². The third kappa shape index (κ3) is 4.83. The Morgan fingerprint density at radius 2 is 1.74 bits per heavy atom. The highest BCUT2D eigenvalue weighted by Crippen LogP contribution is 2.37. The van der Waals surface area contributed by atoms with E-state index in [2.05, 4.69) is 60.4 Å².